The van der Waals surface area contributed by atoms with E-state index in [9.17, 15) is 9.59 Å². The van der Waals surface area contributed by atoms with Crippen molar-refractivity contribution in [2.45, 2.75) is 25.9 Å². The number of para-hydroxylation sites is 1. The molecule has 282 valence electrons. The summed E-state index contributed by atoms with van der Waals surface area (Å²) in [5, 5.41) is 7.58. The van der Waals surface area contributed by atoms with Gasteiger partial charge in [-0.2, -0.15) is 0 Å². The van der Waals surface area contributed by atoms with Crippen molar-refractivity contribution in [2.75, 3.05) is 20.2 Å². The first-order valence-electron chi connectivity index (χ1n) is 17.6. The van der Waals surface area contributed by atoms with Crippen LogP contribution in [0.1, 0.15) is 43.0 Å². The van der Waals surface area contributed by atoms with Crippen LogP contribution < -0.4 is 36.3 Å². The summed E-state index contributed by atoms with van der Waals surface area (Å²) in [6.07, 6.45) is 5.31. The van der Waals surface area contributed by atoms with E-state index in [2.05, 4.69) is 26.7 Å². The number of ether oxygens (including phenoxy) is 3. The third kappa shape index (κ3) is 13.0. The maximum Gasteiger partial charge on any atom is 0.248 e. The minimum Gasteiger partial charge on any atom is -0.496 e. The molecule has 0 bridgehead atoms. The van der Waals surface area contributed by atoms with Crippen molar-refractivity contribution >= 4 is 23.4 Å². The number of benzene rings is 4. The summed E-state index contributed by atoms with van der Waals surface area (Å²) >= 11 is 6.15. The molecule has 6 aromatic rings. The Morgan fingerprint density at radius 2 is 1.05 bits per heavy atom. The molecule has 2 aromatic heterocycles. The van der Waals surface area contributed by atoms with E-state index in [1.807, 2.05) is 66.7 Å². The fraction of sp³-hybridized carbons (Fsp3) is 0.163. The Morgan fingerprint density at radius 3 is 1.49 bits per heavy atom. The highest BCUT2D eigenvalue weighted by Crippen LogP contribution is 2.22. The molecule has 0 spiro atoms. The number of nitrogens with two attached hydrogens (primary N) is 2. The number of primary amides is 2. The molecular weight excluding hydrogens is 716 g/mol. The van der Waals surface area contributed by atoms with E-state index < -0.39 is 11.8 Å². The van der Waals surface area contributed by atoms with E-state index in [0.717, 1.165) is 59.9 Å². The second-order valence-electron chi connectivity index (χ2n) is 12.2. The van der Waals surface area contributed by atoms with Crippen molar-refractivity contribution in [3.05, 3.63) is 172 Å². The Morgan fingerprint density at radius 1 is 0.600 bits per heavy atom. The SMILES string of the molecule is COc1ccccc1CCNCc1ccc(Oc2ccc(C(N)=O)cc2)nc1.NC(=O)c1ccc(Oc2ccc(CNCCc3ccccc3Cl)cn2)cc1. The molecule has 0 radical (unpaired) electrons. The lowest BCUT2D eigenvalue weighted by Crippen LogP contribution is -2.17. The standard InChI is InChI=1S/C22H23N3O3.C21H20ClN3O2/c1-27-20-5-3-2-4-17(20)12-13-24-14-16-6-11-21(25-15-16)28-19-9-7-18(8-10-19)22(23)26;22-19-4-2-1-3-16(19)11-12-24-13-15-5-10-20(25-14-15)27-18-8-6-17(7-9-18)21(23)26/h2-11,15,24H,12-14H2,1H3,(H2,23,26);1-10,14,24H,11-13H2,(H2,23,26). The Balaban J connectivity index is 0.000000211. The molecule has 6 N–H and O–H groups in total. The monoisotopic (exact) mass is 758 g/mol. The Kier molecular flexibility index (Phi) is 15.1. The number of amides is 2. The van der Waals surface area contributed by atoms with Gasteiger partial charge in [-0.1, -0.05) is 60.1 Å². The summed E-state index contributed by atoms with van der Waals surface area (Å²) in [5.74, 6) is 2.15. The molecule has 0 aliphatic carbocycles. The minimum atomic E-state index is -0.467. The number of hydrogen-bond acceptors (Lipinski definition) is 9. The van der Waals surface area contributed by atoms with Crippen molar-refractivity contribution in [1.29, 1.82) is 0 Å². The van der Waals surface area contributed by atoms with Gasteiger partial charge < -0.3 is 36.3 Å². The number of aromatic nitrogens is 2. The van der Waals surface area contributed by atoms with Gasteiger partial charge in [-0.15, -0.1) is 0 Å². The van der Waals surface area contributed by atoms with Crippen LogP contribution in [0, 0.1) is 0 Å². The number of carbonyl (C=O) groups is 2. The van der Waals surface area contributed by atoms with Crippen molar-refractivity contribution in [2.24, 2.45) is 11.5 Å². The van der Waals surface area contributed by atoms with E-state index in [1.165, 1.54) is 5.56 Å². The average Bonchev–Trinajstić information content (AvgIpc) is 3.21. The summed E-state index contributed by atoms with van der Waals surface area (Å²) < 4.78 is 16.7. The molecule has 2 heterocycles. The second-order valence-corrected chi connectivity index (χ2v) is 12.7. The van der Waals surface area contributed by atoms with Gasteiger partial charge in [0.05, 0.1) is 7.11 Å². The maximum absolute atomic E-state index is 11.1. The fourth-order valence-corrected chi connectivity index (χ4v) is 5.52. The predicted molar refractivity (Wildman–Crippen MR) is 214 cm³/mol. The number of carbonyl (C=O) groups excluding carboxylic acids is 2. The molecule has 11 nitrogen and oxygen atoms in total. The van der Waals surface area contributed by atoms with Crippen LogP contribution in [-0.2, 0) is 25.9 Å². The first-order chi connectivity index (χ1) is 26.8. The van der Waals surface area contributed by atoms with Gasteiger partial charge in [0, 0.05) is 53.8 Å². The van der Waals surface area contributed by atoms with E-state index in [0.29, 0.717) is 40.9 Å². The number of pyridine rings is 2. The lowest BCUT2D eigenvalue weighted by atomic mass is 10.1. The van der Waals surface area contributed by atoms with Crippen molar-refractivity contribution in [3.63, 3.8) is 0 Å². The molecule has 4 aromatic carbocycles. The van der Waals surface area contributed by atoms with Crippen LogP contribution in [0.5, 0.6) is 29.0 Å². The number of methoxy groups -OCH3 is 1. The van der Waals surface area contributed by atoms with Crippen LogP contribution in [0.3, 0.4) is 0 Å². The molecular formula is C43H43ClN6O5. The molecule has 0 fully saturated rings. The summed E-state index contributed by atoms with van der Waals surface area (Å²) in [6.45, 7) is 3.10. The molecule has 55 heavy (non-hydrogen) atoms. The zero-order valence-corrected chi connectivity index (χ0v) is 31.2. The van der Waals surface area contributed by atoms with Crippen LogP contribution in [0.15, 0.2) is 134 Å². The number of halogens is 1. The highest BCUT2D eigenvalue weighted by molar-refractivity contribution is 6.31. The Hall–Kier alpha value is -6.27. The van der Waals surface area contributed by atoms with Gasteiger partial charge in [-0.25, -0.2) is 9.97 Å². The maximum atomic E-state index is 11.1. The topological polar surface area (TPSA) is 164 Å². The van der Waals surface area contributed by atoms with Gasteiger partial charge in [0.15, 0.2) is 0 Å². The van der Waals surface area contributed by atoms with Crippen molar-refractivity contribution < 1.29 is 23.8 Å². The fourth-order valence-electron chi connectivity index (χ4n) is 5.29. The number of rotatable bonds is 17. The van der Waals surface area contributed by atoms with Gasteiger partial charge in [-0.05, 0) is 109 Å². The molecule has 12 heteroatoms. The van der Waals surface area contributed by atoms with Crippen LogP contribution in [0.4, 0.5) is 0 Å². The van der Waals surface area contributed by atoms with Crippen LogP contribution in [0.2, 0.25) is 5.02 Å². The zero-order valence-electron chi connectivity index (χ0n) is 30.4. The third-order valence-corrected chi connectivity index (χ3v) is 8.64. The lowest BCUT2D eigenvalue weighted by molar-refractivity contribution is 0.0992. The summed E-state index contributed by atoms with van der Waals surface area (Å²) in [7, 11) is 1.69. The van der Waals surface area contributed by atoms with Crippen molar-refractivity contribution in [1.82, 2.24) is 20.6 Å². The number of nitrogens with zero attached hydrogens (tertiary/aromatic N) is 2. The number of nitrogens with one attached hydrogen (secondary N) is 2. The van der Waals surface area contributed by atoms with Gasteiger partial charge >= 0.3 is 0 Å². The molecule has 0 unspecified atom stereocenters. The normalized spacial score (nSPS) is 10.5. The molecule has 0 saturated carbocycles. The molecule has 6 rings (SSSR count). The molecule has 2 amide bonds. The number of hydrogen-bond donors (Lipinski definition) is 4. The summed E-state index contributed by atoms with van der Waals surface area (Å²) in [5.41, 5.74) is 15.8. The van der Waals surface area contributed by atoms with Gasteiger partial charge in [-0.3, -0.25) is 9.59 Å². The van der Waals surface area contributed by atoms with Crippen molar-refractivity contribution in [3.8, 4) is 29.0 Å². The molecule has 0 aliphatic heterocycles. The second kappa shape index (κ2) is 20.8. The Bertz CT molecular complexity index is 2110. The van der Waals surface area contributed by atoms with E-state index in [1.54, 1.807) is 68.0 Å². The summed E-state index contributed by atoms with van der Waals surface area (Å²) in [4.78, 5) is 30.8. The van der Waals surface area contributed by atoms with Crippen LogP contribution >= 0.6 is 11.6 Å². The van der Waals surface area contributed by atoms with E-state index in [-0.39, 0.29) is 0 Å². The predicted octanol–water partition coefficient (Wildman–Crippen LogP) is 7.27. The lowest BCUT2D eigenvalue weighted by Gasteiger charge is -2.09. The minimum absolute atomic E-state index is 0.438. The Labute approximate surface area is 325 Å². The van der Waals surface area contributed by atoms with Crippen LogP contribution in [0.25, 0.3) is 0 Å². The average molecular weight is 759 g/mol. The quantitative estimate of drug-likeness (QED) is 0.0701. The smallest absolute Gasteiger partial charge is 0.248 e. The third-order valence-electron chi connectivity index (χ3n) is 8.27. The first kappa shape index (κ1) is 39.9. The summed E-state index contributed by atoms with van der Waals surface area (Å²) in [6, 6.07) is 36.7. The van der Waals surface area contributed by atoms with E-state index >= 15 is 0 Å². The van der Waals surface area contributed by atoms with E-state index in [4.69, 9.17) is 37.3 Å². The largest absolute Gasteiger partial charge is 0.496 e. The molecule has 0 saturated heterocycles. The first-order valence-corrected chi connectivity index (χ1v) is 18.0. The zero-order chi connectivity index (χ0) is 38.8. The molecule has 0 atom stereocenters. The van der Waals surface area contributed by atoms with Gasteiger partial charge in [0.2, 0.25) is 23.6 Å². The highest BCUT2D eigenvalue weighted by Gasteiger charge is 2.06. The highest BCUT2D eigenvalue weighted by atomic mass is 35.5. The molecule has 0 aliphatic rings. The van der Waals surface area contributed by atoms with Gasteiger partial charge in [0.25, 0.3) is 0 Å². The van der Waals surface area contributed by atoms with Crippen LogP contribution in [-0.4, -0.2) is 42.0 Å². The van der Waals surface area contributed by atoms with Gasteiger partial charge in [0.1, 0.15) is 17.2 Å².